The Morgan fingerprint density at radius 2 is 1.85 bits per heavy atom. The number of hydrogen-bond donors (Lipinski definition) is 1. The van der Waals surface area contributed by atoms with Gasteiger partial charge in [-0.2, -0.15) is 0 Å². The number of guanidine groups is 1. The Kier molecular flexibility index (Phi) is 11.3. The Bertz CT molecular complexity index is 535. The van der Waals surface area contributed by atoms with Crippen molar-refractivity contribution in [3.63, 3.8) is 0 Å². The maximum atomic E-state index is 5.38. The molecule has 0 aliphatic heterocycles. The summed E-state index contributed by atoms with van der Waals surface area (Å²) in [6.07, 6.45) is 4.24. The average Bonchev–Trinajstić information content (AvgIpc) is 2.67. The molecular formula is C20H35N3O3. The summed E-state index contributed by atoms with van der Waals surface area (Å²) in [6.45, 7) is 5.51. The first-order valence-electron chi connectivity index (χ1n) is 9.35. The highest BCUT2D eigenvalue weighted by molar-refractivity contribution is 5.79. The van der Waals surface area contributed by atoms with Crippen LogP contribution < -0.4 is 14.8 Å². The fourth-order valence-electron chi connectivity index (χ4n) is 2.63. The molecule has 0 atom stereocenters. The van der Waals surface area contributed by atoms with Gasteiger partial charge in [0.05, 0.1) is 14.2 Å². The van der Waals surface area contributed by atoms with Crippen LogP contribution in [0.5, 0.6) is 11.5 Å². The summed E-state index contributed by atoms with van der Waals surface area (Å²) in [5, 5.41) is 3.37. The van der Waals surface area contributed by atoms with Gasteiger partial charge in [0.25, 0.3) is 0 Å². The van der Waals surface area contributed by atoms with Gasteiger partial charge in [0.2, 0.25) is 0 Å². The highest BCUT2D eigenvalue weighted by Crippen LogP contribution is 2.27. The number of aliphatic imine (C=N–C) groups is 1. The second-order valence-corrected chi connectivity index (χ2v) is 6.15. The van der Waals surface area contributed by atoms with Crippen LogP contribution in [0, 0.1) is 0 Å². The Balaban J connectivity index is 2.54. The van der Waals surface area contributed by atoms with Gasteiger partial charge in [-0.15, -0.1) is 0 Å². The van der Waals surface area contributed by atoms with Gasteiger partial charge in [0, 0.05) is 40.4 Å². The van der Waals surface area contributed by atoms with Crippen molar-refractivity contribution in [2.45, 2.75) is 32.6 Å². The SMILES string of the molecule is CCNC(=NCCCCCOC)N(C)CCc1ccc(OC)c(OC)c1. The summed E-state index contributed by atoms with van der Waals surface area (Å²) in [4.78, 5) is 6.91. The zero-order valence-electron chi connectivity index (χ0n) is 17.0. The number of nitrogens with zero attached hydrogens (tertiary/aromatic N) is 2. The van der Waals surface area contributed by atoms with Crippen molar-refractivity contribution in [1.29, 1.82) is 0 Å². The Hall–Kier alpha value is -1.95. The van der Waals surface area contributed by atoms with E-state index in [1.54, 1.807) is 21.3 Å². The minimum Gasteiger partial charge on any atom is -0.493 e. The summed E-state index contributed by atoms with van der Waals surface area (Å²) in [6, 6.07) is 6.06. The molecule has 0 bridgehead atoms. The minimum absolute atomic E-state index is 0.757. The molecule has 0 amide bonds. The Morgan fingerprint density at radius 1 is 1.08 bits per heavy atom. The largest absolute Gasteiger partial charge is 0.493 e. The van der Waals surface area contributed by atoms with Gasteiger partial charge in [0.15, 0.2) is 17.5 Å². The molecule has 0 aromatic heterocycles. The van der Waals surface area contributed by atoms with Crippen molar-refractivity contribution in [1.82, 2.24) is 10.2 Å². The molecule has 1 N–H and O–H groups in total. The van der Waals surface area contributed by atoms with E-state index in [0.717, 1.165) is 69.4 Å². The van der Waals surface area contributed by atoms with Gasteiger partial charge in [0.1, 0.15) is 0 Å². The molecule has 0 aliphatic carbocycles. The van der Waals surface area contributed by atoms with E-state index in [2.05, 4.69) is 30.3 Å². The van der Waals surface area contributed by atoms with E-state index in [4.69, 9.17) is 19.2 Å². The number of hydrogen-bond acceptors (Lipinski definition) is 4. The lowest BCUT2D eigenvalue weighted by molar-refractivity contribution is 0.192. The fraction of sp³-hybridized carbons (Fsp3) is 0.650. The third kappa shape index (κ3) is 7.95. The highest BCUT2D eigenvalue weighted by Gasteiger charge is 2.08. The lowest BCUT2D eigenvalue weighted by Crippen LogP contribution is -2.40. The topological polar surface area (TPSA) is 55.3 Å². The van der Waals surface area contributed by atoms with Crippen LogP contribution >= 0.6 is 0 Å². The van der Waals surface area contributed by atoms with Crippen molar-refractivity contribution >= 4 is 5.96 Å². The van der Waals surface area contributed by atoms with Gasteiger partial charge in [-0.1, -0.05) is 6.07 Å². The quantitative estimate of drug-likeness (QED) is 0.351. The molecule has 1 aromatic carbocycles. The third-order valence-electron chi connectivity index (χ3n) is 4.15. The van der Waals surface area contributed by atoms with Crippen LogP contribution in [0.15, 0.2) is 23.2 Å². The Labute approximate surface area is 158 Å². The van der Waals surface area contributed by atoms with Gasteiger partial charge in [-0.3, -0.25) is 4.99 Å². The van der Waals surface area contributed by atoms with Gasteiger partial charge < -0.3 is 24.4 Å². The standard InChI is InChI=1S/C20H35N3O3/c1-6-21-20(22-13-8-7-9-15-24-3)23(2)14-12-17-10-11-18(25-4)19(16-17)26-5/h10-11,16H,6-9,12-15H2,1-5H3,(H,21,22). The van der Waals surface area contributed by atoms with E-state index < -0.39 is 0 Å². The van der Waals surface area contributed by atoms with Crippen LogP contribution in [0.1, 0.15) is 31.7 Å². The first kappa shape index (κ1) is 22.1. The fourth-order valence-corrected chi connectivity index (χ4v) is 2.63. The number of methoxy groups -OCH3 is 3. The predicted octanol–water partition coefficient (Wildman–Crippen LogP) is 2.96. The minimum atomic E-state index is 0.757. The van der Waals surface area contributed by atoms with Crippen LogP contribution in [0.25, 0.3) is 0 Å². The van der Waals surface area contributed by atoms with Crippen molar-refractivity contribution < 1.29 is 14.2 Å². The van der Waals surface area contributed by atoms with Crippen LogP contribution in [0.2, 0.25) is 0 Å². The number of nitrogens with one attached hydrogen (secondary N) is 1. The molecule has 6 nitrogen and oxygen atoms in total. The molecule has 6 heteroatoms. The van der Waals surface area contributed by atoms with Crippen LogP contribution in [0.4, 0.5) is 0 Å². The van der Waals surface area contributed by atoms with Gasteiger partial charge >= 0.3 is 0 Å². The molecule has 0 saturated heterocycles. The molecule has 0 saturated carbocycles. The molecule has 0 fully saturated rings. The highest BCUT2D eigenvalue weighted by atomic mass is 16.5. The number of rotatable bonds is 12. The number of unbranched alkanes of at least 4 members (excludes halogenated alkanes) is 2. The van der Waals surface area contributed by atoms with E-state index in [0.29, 0.717) is 0 Å². The zero-order chi connectivity index (χ0) is 19.2. The van der Waals surface area contributed by atoms with E-state index in [1.807, 2.05) is 12.1 Å². The third-order valence-corrected chi connectivity index (χ3v) is 4.15. The van der Waals surface area contributed by atoms with Crippen LogP contribution in [-0.2, 0) is 11.2 Å². The molecule has 0 unspecified atom stereocenters. The summed E-state index contributed by atoms with van der Waals surface area (Å²) in [5.74, 6) is 2.48. The molecule has 1 rings (SSSR count). The molecule has 0 radical (unpaired) electrons. The second-order valence-electron chi connectivity index (χ2n) is 6.15. The molecule has 0 aliphatic rings. The summed E-state index contributed by atoms with van der Waals surface area (Å²) in [7, 11) is 7.14. The second kappa shape index (κ2) is 13.3. The van der Waals surface area contributed by atoms with Crippen molar-refractivity contribution in [3.05, 3.63) is 23.8 Å². The van der Waals surface area contributed by atoms with E-state index in [9.17, 15) is 0 Å². The summed E-state index contributed by atoms with van der Waals surface area (Å²) >= 11 is 0. The van der Waals surface area contributed by atoms with Crippen molar-refractivity contribution in [2.75, 3.05) is 54.6 Å². The molecule has 0 spiro atoms. The van der Waals surface area contributed by atoms with Gasteiger partial charge in [-0.05, 0) is 50.3 Å². The van der Waals surface area contributed by atoms with Crippen molar-refractivity contribution in [2.24, 2.45) is 4.99 Å². The summed E-state index contributed by atoms with van der Waals surface area (Å²) < 4.78 is 15.8. The van der Waals surface area contributed by atoms with Crippen molar-refractivity contribution in [3.8, 4) is 11.5 Å². The first-order chi connectivity index (χ1) is 12.7. The maximum Gasteiger partial charge on any atom is 0.193 e. The van der Waals surface area contributed by atoms with Gasteiger partial charge in [-0.25, -0.2) is 0 Å². The molecule has 0 heterocycles. The molecular weight excluding hydrogens is 330 g/mol. The molecule has 148 valence electrons. The molecule has 26 heavy (non-hydrogen) atoms. The number of benzene rings is 1. The maximum absolute atomic E-state index is 5.38. The lowest BCUT2D eigenvalue weighted by Gasteiger charge is -2.22. The van der Waals surface area contributed by atoms with E-state index in [1.165, 1.54) is 5.56 Å². The monoisotopic (exact) mass is 365 g/mol. The smallest absolute Gasteiger partial charge is 0.193 e. The van der Waals surface area contributed by atoms with E-state index in [-0.39, 0.29) is 0 Å². The Morgan fingerprint density at radius 3 is 2.50 bits per heavy atom. The normalized spacial score (nSPS) is 11.3. The summed E-state index contributed by atoms with van der Waals surface area (Å²) in [5.41, 5.74) is 1.21. The van der Waals surface area contributed by atoms with Crippen LogP contribution in [0.3, 0.4) is 0 Å². The number of likely N-dealkylation sites (N-methyl/N-ethyl adjacent to an activating group) is 1. The average molecular weight is 366 g/mol. The molecule has 1 aromatic rings. The van der Waals surface area contributed by atoms with Crippen LogP contribution in [-0.4, -0.2) is 65.5 Å². The van der Waals surface area contributed by atoms with E-state index >= 15 is 0 Å². The number of ether oxygens (including phenoxy) is 3. The predicted molar refractivity (Wildman–Crippen MR) is 108 cm³/mol. The first-order valence-corrected chi connectivity index (χ1v) is 9.35. The lowest BCUT2D eigenvalue weighted by atomic mass is 10.1. The zero-order valence-corrected chi connectivity index (χ0v) is 17.0.